The van der Waals surface area contributed by atoms with E-state index in [4.69, 9.17) is 9.47 Å². The van der Waals surface area contributed by atoms with E-state index in [2.05, 4.69) is 0 Å². The Hall–Kier alpha value is -1.87. The average Bonchev–Trinajstić information content (AvgIpc) is 3.03. The number of rotatable bonds is 3. The second kappa shape index (κ2) is 7.18. The first kappa shape index (κ1) is 19.4. The number of hydrogen-bond acceptors (Lipinski definition) is 6. The van der Waals surface area contributed by atoms with Gasteiger partial charge in [0.2, 0.25) is 5.79 Å². The second-order valence-corrected chi connectivity index (χ2v) is 7.48. The van der Waals surface area contributed by atoms with Gasteiger partial charge in [-0.25, -0.2) is 4.39 Å². The van der Waals surface area contributed by atoms with Gasteiger partial charge >= 0.3 is 0 Å². The molecule has 0 amide bonds. The summed E-state index contributed by atoms with van der Waals surface area (Å²) in [5.74, 6) is -2.17. The maximum absolute atomic E-state index is 14.7. The summed E-state index contributed by atoms with van der Waals surface area (Å²) in [5, 5.41) is 40.3. The maximum Gasteiger partial charge on any atom is 0.225 e. The molecule has 2 aromatic rings. The van der Waals surface area contributed by atoms with Gasteiger partial charge in [-0.15, -0.1) is 0 Å². The predicted molar refractivity (Wildman–Crippen MR) is 96.8 cm³/mol. The van der Waals surface area contributed by atoms with E-state index in [1.54, 1.807) is 6.07 Å². The van der Waals surface area contributed by atoms with Crippen molar-refractivity contribution in [2.45, 2.75) is 50.2 Å². The van der Waals surface area contributed by atoms with E-state index >= 15 is 0 Å². The molecule has 2 aromatic carbocycles. The van der Waals surface area contributed by atoms with Crippen molar-refractivity contribution in [3.05, 3.63) is 70.0 Å². The maximum atomic E-state index is 14.7. The smallest absolute Gasteiger partial charge is 0.225 e. The highest BCUT2D eigenvalue weighted by Gasteiger charge is 2.58. The van der Waals surface area contributed by atoms with Crippen LogP contribution in [0, 0.1) is 12.7 Å². The molecule has 0 aromatic heterocycles. The summed E-state index contributed by atoms with van der Waals surface area (Å²) in [6.45, 7) is 1.39. The lowest BCUT2D eigenvalue weighted by Gasteiger charge is -2.46. The zero-order chi connectivity index (χ0) is 20.1. The van der Waals surface area contributed by atoms with Crippen LogP contribution in [0.4, 0.5) is 4.39 Å². The Labute approximate surface area is 161 Å². The number of fused-ring (bicyclic) bond motifs is 2. The van der Waals surface area contributed by atoms with Crippen molar-refractivity contribution < 1.29 is 34.3 Å². The summed E-state index contributed by atoms with van der Waals surface area (Å²) in [6, 6.07) is 10.6. The molecule has 4 N–H and O–H groups in total. The van der Waals surface area contributed by atoms with Crippen LogP contribution in [0.1, 0.15) is 27.8 Å². The fourth-order valence-corrected chi connectivity index (χ4v) is 3.91. The Kier molecular flexibility index (Phi) is 4.99. The predicted octanol–water partition coefficient (Wildman–Crippen LogP) is 0.882. The zero-order valence-corrected chi connectivity index (χ0v) is 15.4. The standard InChI is InChI=1S/C21H23FO6/c1-11-2-4-12(5-3-11)6-13-7-15-14(8-16(13)22)10-27-21(15)20(26)19(25)18(24)17(9-23)28-21/h2-5,7-8,17-20,23-26H,6,9-10H2,1H3/t17-,18-,19+,20-,21+/m1/s1. The number of aryl methyl sites for hydroxylation is 1. The minimum atomic E-state index is -1.77. The lowest BCUT2D eigenvalue weighted by molar-refractivity contribution is -0.368. The molecule has 5 atom stereocenters. The SMILES string of the molecule is Cc1ccc(Cc2cc3c(cc2F)CO[C@]32O[C@H](CO)[C@@H](O)[C@H](O)[C@H]2O)cc1. The molecule has 0 radical (unpaired) electrons. The number of aliphatic hydroxyl groups excluding tert-OH is 4. The molecule has 2 aliphatic rings. The van der Waals surface area contributed by atoms with Crippen LogP contribution in [-0.4, -0.2) is 51.4 Å². The fraction of sp³-hybridized carbons (Fsp3) is 0.429. The Morgan fingerprint density at radius 1 is 1.11 bits per heavy atom. The molecule has 4 rings (SSSR count). The first-order valence-corrected chi connectivity index (χ1v) is 9.20. The molecule has 1 spiro atoms. The normalized spacial score (nSPS) is 31.9. The van der Waals surface area contributed by atoms with Gasteiger partial charge in [0, 0.05) is 12.0 Å². The van der Waals surface area contributed by atoms with Gasteiger partial charge in [-0.1, -0.05) is 29.8 Å². The van der Waals surface area contributed by atoms with Gasteiger partial charge in [0.1, 0.15) is 30.2 Å². The van der Waals surface area contributed by atoms with Gasteiger partial charge in [-0.2, -0.15) is 0 Å². The molecule has 1 saturated heterocycles. The summed E-state index contributed by atoms with van der Waals surface area (Å²) in [4.78, 5) is 0. The first-order chi connectivity index (χ1) is 13.4. The molecule has 2 aliphatic heterocycles. The highest BCUT2D eigenvalue weighted by molar-refractivity contribution is 5.42. The van der Waals surface area contributed by atoms with E-state index in [9.17, 15) is 24.8 Å². The van der Waals surface area contributed by atoms with Crippen molar-refractivity contribution in [2.75, 3.05) is 6.61 Å². The highest BCUT2D eigenvalue weighted by Crippen LogP contribution is 2.46. The Balaban J connectivity index is 1.73. The van der Waals surface area contributed by atoms with Gasteiger partial charge in [-0.3, -0.25) is 0 Å². The molecule has 0 saturated carbocycles. The quantitative estimate of drug-likeness (QED) is 0.621. The van der Waals surface area contributed by atoms with Crippen molar-refractivity contribution in [1.82, 2.24) is 0 Å². The van der Waals surface area contributed by atoms with Gasteiger partial charge in [-0.05, 0) is 35.7 Å². The van der Waals surface area contributed by atoms with Crippen LogP contribution < -0.4 is 0 Å². The van der Waals surface area contributed by atoms with Crippen LogP contribution in [0.5, 0.6) is 0 Å². The minimum absolute atomic E-state index is 0.0188. The monoisotopic (exact) mass is 390 g/mol. The number of halogens is 1. The topological polar surface area (TPSA) is 99.4 Å². The van der Waals surface area contributed by atoms with Gasteiger partial charge in [0.05, 0.1) is 13.2 Å². The van der Waals surface area contributed by atoms with Crippen molar-refractivity contribution in [3.8, 4) is 0 Å². The summed E-state index contributed by atoms with van der Waals surface area (Å²) < 4.78 is 26.0. The molecule has 28 heavy (non-hydrogen) atoms. The van der Waals surface area contributed by atoms with Crippen molar-refractivity contribution >= 4 is 0 Å². The molecular formula is C21H23FO6. The van der Waals surface area contributed by atoms with Gasteiger partial charge in [0.15, 0.2) is 0 Å². The van der Waals surface area contributed by atoms with Crippen molar-refractivity contribution in [2.24, 2.45) is 0 Å². The molecule has 6 nitrogen and oxygen atoms in total. The van der Waals surface area contributed by atoms with E-state index in [0.717, 1.165) is 11.1 Å². The number of aliphatic hydroxyl groups is 4. The first-order valence-electron chi connectivity index (χ1n) is 9.20. The fourth-order valence-electron chi connectivity index (χ4n) is 3.91. The number of ether oxygens (including phenoxy) is 2. The molecule has 2 heterocycles. The zero-order valence-electron chi connectivity index (χ0n) is 15.4. The van der Waals surface area contributed by atoms with Crippen LogP contribution in [0.2, 0.25) is 0 Å². The van der Waals surface area contributed by atoms with E-state index in [1.165, 1.54) is 6.07 Å². The molecule has 0 bridgehead atoms. The molecular weight excluding hydrogens is 367 g/mol. The average molecular weight is 390 g/mol. The third-order valence-electron chi connectivity index (χ3n) is 5.56. The molecule has 7 heteroatoms. The molecule has 1 fully saturated rings. The summed E-state index contributed by atoms with van der Waals surface area (Å²) in [7, 11) is 0. The molecule has 0 aliphatic carbocycles. The van der Waals surface area contributed by atoms with E-state index in [1.807, 2.05) is 31.2 Å². The van der Waals surface area contributed by atoms with Crippen molar-refractivity contribution in [1.29, 1.82) is 0 Å². The highest BCUT2D eigenvalue weighted by atomic mass is 19.1. The number of benzene rings is 2. The van der Waals surface area contributed by atoms with Crippen molar-refractivity contribution in [3.63, 3.8) is 0 Å². The Morgan fingerprint density at radius 2 is 1.82 bits per heavy atom. The summed E-state index contributed by atoms with van der Waals surface area (Å²) in [5.41, 5.74) is 3.31. The van der Waals surface area contributed by atoms with Crippen LogP contribution in [0.25, 0.3) is 0 Å². The summed E-state index contributed by atoms with van der Waals surface area (Å²) >= 11 is 0. The van der Waals surface area contributed by atoms with Gasteiger partial charge < -0.3 is 29.9 Å². The lowest BCUT2D eigenvalue weighted by atomic mass is 9.86. The lowest BCUT2D eigenvalue weighted by Crippen LogP contribution is -2.63. The molecule has 150 valence electrons. The summed E-state index contributed by atoms with van der Waals surface area (Å²) in [6.07, 6.45) is -5.45. The van der Waals surface area contributed by atoms with E-state index in [-0.39, 0.29) is 6.61 Å². The van der Waals surface area contributed by atoms with Crippen LogP contribution in [0.15, 0.2) is 36.4 Å². The Bertz CT molecular complexity index is 868. The third-order valence-corrected chi connectivity index (χ3v) is 5.56. The Morgan fingerprint density at radius 3 is 2.50 bits per heavy atom. The third kappa shape index (κ3) is 3.04. The van der Waals surface area contributed by atoms with Crippen LogP contribution >= 0.6 is 0 Å². The minimum Gasteiger partial charge on any atom is -0.394 e. The van der Waals surface area contributed by atoms with Gasteiger partial charge in [0.25, 0.3) is 0 Å². The van der Waals surface area contributed by atoms with Crippen LogP contribution in [0.3, 0.4) is 0 Å². The molecule has 0 unspecified atom stereocenters. The largest absolute Gasteiger partial charge is 0.394 e. The van der Waals surface area contributed by atoms with Crippen LogP contribution in [-0.2, 0) is 28.3 Å². The van der Waals surface area contributed by atoms with E-state index in [0.29, 0.717) is 23.1 Å². The second-order valence-electron chi connectivity index (χ2n) is 7.48. The number of hydrogen-bond donors (Lipinski definition) is 4. The van der Waals surface area contributed by atoms with E-state index < -0.39 is 42.6 Å².